The molecule has 164 valence electrons. The van der Waals surface area contributed by atoms with Gasteiger partial charge in [0.15, 0.2) is 0 Å². The van der Waals surface area contributed by atoms with Crippen LogP contribution in [0.4, 0.5) is 11.4 Å². The molecule has 0 radical (unpaired) electrons. The first-order valence-corrected chi connectivity index (χ1v) is 12.0. The van der Waals surface area contributed by atoms with Crippen LogP contribution in [0.25, 0.3) is 0 Å². The summed E-state index contributed by atoms with van der Waals surface area (Å²) in [4.78, 5) is 30.8. The van der Waals surface area contributed by atoms with Gasteiger partial charge < -0.3 is 15.1 Å². The molecule has 1 aromatic heterocycles. The predicted molar refractivity (Wildman–Crippen MR) is 129 cm³/mol. The van der Waals surface area contributed by atoms with Crippen molar-refractivity contribution < 1.29 is 9.59 Å². The minimum atomic E-state index is -0.218. The zero-order valence-corrected chi connectivity index (χ0v) is 19.0. The Labute approximate surface area is 192 Å². The Morgan fingerprint density at radius 2 is 1.81 bits per heavy atom. The van der Waals surface area contributed by atoms with E-state index in [0.29, 0.717) is 6.54 Å². The summed E-state index contributed by atoms with van der Waals surface area (Å²) in [5.74, 6) is -0.0662. The van der Waals surface area contributed by atoms with Crippen LogP contribution >= 0.6 is 11.3 Å². The van der Waals surface area contributed by atoms with Crippen molar-refractivity contribution in [1.29, 1.82) is 0 Å². The summed E-state index contributed by atoms with van der Waals surface area (Å²) in [5.41, 5.74) is 5.68. The van der Waals surface area contributed by atoms with Crippen LogP contribution in [0.1, 0.15) is 41.0 Å². The van der Waals surface area contributed by atoms with Gasteiger partial charge in [-0.1, -0.05) is 24.3 Å². The molecule has 2 aromatic carbocycles. The lowest BCUT2D eigenvalue weighted by molar-refractivity contribution is -0.132. The molecule has 6 heteroatoms. The van der Waals surface area contributed by atoms with Crippen LogP contribution in [-0.4, -0.2) is 29.8 Å². The van der Waals surface area contributed by atoms with Gasteiger partial charge in [-0.05, 0) is 65.2 Å². The Morgan fingerprint density at radius 1 is 1.00 bits per heavy atom. The first-order valence-electron chi connectivity index (χ1n) is 11.1. The molecule has 2 aliphatic heterocycles. The van der Waals surface area contributed by atoms with Gasteiger partial charge in [0.25, 0.3) is 0 Å². The molecule has 0 fully saturated rings. The molecule has 32 heavy (non-hydrogen) atoms. The minimum Gasteiger partial charge on any atom is -0.367 e. The molecule has 5 rings (SSSR count). The van der Waals surface area contributed by atoms with Crippen molar-refractivity contribution in [1.82, 2.24) is 4.90 Å². The molecule has 3 aromatic rings. The second kappa shape index (κ2) is 8.79. The maximum absolute atomic E-state index is 12.9. The fraction of sp³-hybridized carbons (Fsp3) is 0.308. The predicted octanol–water partition coefficient (Wildman–Crippen LogP) is 4.79. The Balaban J connectivity index is 1.26. The topological polar surface area (TPSA) is 52.7 Å². The van der Waals surface area contributed by atoms with Gasteiger partial charge in [0, 0.05) is 42.8 Å². The third kappa shape index (κ3) is 4.15. The van der Waals surface area contributed by atoms with Crippen LogP contribution in [0.15, 0.2) is 60.0 Å². The van der Waals surface area contributed by atoms with Gasteiger partial charge in [-0.15, -0.1) is 11.3 Å². The minimum absolute atomic E-state index is 0.0111. The van der Waals surface area contributed by atoms with Gasteiger partial charge in [-0.2, -0.15) is 0 Å². The zero-order chi connectivity index (χ0) is 22.1. The SMILES string of the molecule is CC(=O)N1CCc2ccccc2C1CC(=O)Nc1ccc(N2CCc3sccc3C2)cc1. The van der Waals surface area contributed by atoms with Gasteiger partial charge in [-0.25, -0.2) is 0 Å². The molecule has 1 atom stereocenters. The van der Waals surface area contributed by atoms with Crippen molar-refractivity contribution in [2.45, 2.75) is 38.8 Å². The van der Waals surface area contributed by atoms with Gasteiger partial charge in [-0.3, -0.25) is 9.59 Å². The van der Waals surface area contributed by atoms with Crippen molar-refractivity contribution in [3.63, 3.8) is 0 Å². The number of hydrogen-bond acceptors (Lipinski definition) is 4. The standard InChI is InChI=1S/C26H27N3O2S/c1-18(30)29-14-10-19-4-2-3-5-23(19)24(29)16-26(31)27-21-6-8-22(9-7-21)28-13-11-25-20(17-28)12-15-32-25/h2-9,12,15,24H,10-11,13-14,16-17H2,1H3,(H,27,31). The molecule has 0 saturated carbocycles. The molecule has 2 aliphatic rings. The van der Waals surface area contributed by atoms with Crippen LogP contribution in [0.5, 0.6) is 0 Å². The van der Waals surface area contributed by atoms with E-state index in [1.165, 1.54) is 21.7 Å². The van der Waals surface area contributed by atoms with Crippen molar-refractivity contribution in [2.75, 3.05) is 23.3 Å². The molecule has 1 unspecified atom stereocenters. The van der Waals surface area contributed by atoms with E-state index in [9.17, 15) is 9.59 Å². The summed E-state index contributed by atoms with van der Waals surface area (Å²) in [6, 6.07) is 18.2. The summed E-state index contributed by atoms with van der Waals surface area (Å²) < 4.78 is 0. The average molecular weight is 446 g/mol. The van der Waals surface area contributed by atoms with Gasteiger partial charge in [0.05, 0.1) is 12.5 Å². The number of nitrogens with one attached hydrogen (secondary N) is 1. The Morgan fingerprint density at radius 3 is 2.62 bits per heavy atom. The highest BCUT2D eigenvalue weighted by atomic mass is 32.1. The van der Waals surface area contributed by atoms with Gasteiger partial charge >= 0.3 is 0 Å². The van der Waals surface area contributed by atoms with Crippen molar-refractivity contribution in [2.24, 2.45) is 0 Å². The second-order valence-electron chi connectivity index (χ2n) is 8.52. The summed E-state index contributed by atoms with van der Waals surface area (Å²) in [7, 11) is 0. The summed E-state index contributed by atoms with van der Waals surface area (Å²) >= 11 is 1.84. The van der Waals surface area contributed by atoms with Crippen molar-refractivity contribution in [3.8, 4) is 0 Å². The molecule has 2 amide bonds. The number of fused-ring (bicyclic) bond motifs is 2. The fourth-order valence-electron chi connectivity index (χ4n) is 4.86. The summed E-state index contributed by atoms with van der Waals surface area (Å²) in [6.45, 7) is 4.19. The highest BCUT2D eigenvalue weighted by molar-refractivity contribution is 7.10. The molecular formula is C26H27N3O2S. The summed E-state index contributed by atoms with van der Waals surface area (Å²) in [6.07, 6.45) is 2.17. The number of benzene rings is 2. The first kappa shape index (κ1) is 20.8. The van der Waals surface area contributed by atoms with E-state index < -0.39 is 0 Å². The third-order valence-electron chi connectivity index (χ3n) is 6.52. The number of nitrogens with zero attached hydrogens (tertiary/aromatic N) is 2. The van der Waals surface area contributed by atoms with Crippen LogP contribution in [-0.2, 0) is 29.0 Å². The third-order valence-corrected chi connectivity index (χ3v) is 7.54. The lowest BCUT2D eigenvalue weighted by atomic mass is 9.90. The number of hydrogen-bond donors (Lipinski definition) is 1. The molecule has 1 N–H and O–H groups in total. The van der Waals surface area contributed by atoms with Crippen LogP contribution in [0.3, 0.4) is 0 Å². The van der Waals surface area contributed by atoms with E-state index in [2.05, 4.69) is 39.9 Å². The number of rotatable bonds is 4. The van der Waals surface area contributed by atoms with Gasteiger partial charge in [0.1, 0.15) is 0 Å². The molecule has 3 heterocycles. The van der Waals surface area contributed by atoms with Crippen molar-refractivity contribution >= 4 is 34.5 Å². The number of carbonyl (C=O) groups excluding carboxylic acids is 2. The maximum atomic E-state index is 12.9. The summed E-state index contributed by atoms with van der Waals surface area (Å²) in [5, 5.41) is 5.20. The highest BCUT2D eigenvalue weighted by Crippen LogP contribution is 2.33. The molecule has 0 spiro atoms. The second-order valence-corrected chi connectivity index (χ2v) is 9.52. The Kier molecular flexibility index (Phi) is 5.70. The molecule has 0 saturated heterocycles. The van der Waals surface area contributed by atoms with Crippen LogP contribution in [0, 0.1) is 0 Å². The fourth-order valence-corrected chi connectivity index (χ4v) is 5.75. The van der Waals surface area contributed by atoms with E-state index in [1.807, 2.05) is 46.6 Å². The monoisotopic (exact) mass is 445 g/mol. The van der Waals surface area contributed by atoms with Crippen molar-refractivity contribution in [3.05, 3.63) is 81.5 Å². The molecule has 5 nitrogen and oxygen atoms in total. The number of amides is 2. The molecular weight excluding hydrogens is 418 g/mol. The van der Waals surface area contributed by atoms with Gasteiger partial charge in [0.2, 0.25) is 11.8 Å². The molecule has 0 bridgehead atoms. The van der Waals surface area contributed by atoms with Crippen LogP contribution < -0.4 is 10.2 Å². The normalized spacial score (nSPS) is 17.5. The number of thiophene rings is 1. The first-order chi connectivity index (χ1) is 15.6. The smallest absolute Gasteiger partial charge is 0.226 e. The van der Waals surface area contributed by atoms with E-state index >= 15 is 0 Å². The Hall–Kier alpha value is -3.12. The highest BCUT2D eigenvalue weighted by Gasteiger charge is 2.30. The number of carbonyl (C=O) groups is 2. The van der Waals surface area contributed by atoms with E-state index in [0.717, 1.165) is 37.2 Å². The zero-order valence-electron chi connectivity index (χ0n) is 18.2. The van der Waals surface area contributed by atoms with E-state index in [-0.39, 0.29) is 24.3 Å². The van der Waals surface area contributed by atoms with E-state index in [1.54, 1.807) is 6.92 Å². The lowest BCUT2D eigenvalue weighted by Gasteiger charge is -2.36. The molecule has 0 aliphatic carbocycles. The average Bonchev–Trinajstić information content (AvgIpc) is 3.27. The van der Waals surface area contributed by atoms with E-state index in [4.69, 9.17) is 0 Å². The number of anilines is 2. The lowest BCUT2D eigenvalue weighted by Crippen LogP contribution is -2.40. The maximum Gasteiger partial charge on any atom is 0.226 e. The van der Waals surface area contributed by atoms with Crippen LogP contribution in [0.2, 0.25) is 0 Å². The Bertz CT molecular complexity index is 1140. The quantitative estimate of drug-likeness (QED) is 0.629. The largest absolute Gasteiger partial charge is 0.367 e.